The number of methoxy groups -OCH3 is 1. The van der Waals surface area contributed by atoms with Crippen LogP contribution in [0.4, 0.5) is 20.8 Å². The maximum atomic E-state index is 14.7. The molecule has 2 amide bonds. The Bertz CT molecular complexity index is 1390. The van der Waals surface area contributed by atoms with Crippen LogP contribution in [0.15, 0.2) is 35.4 Å². The first kappa shape index (κ1) is 23.9. The summed E-state index contributed by atoms with van der Waals surface area (Å²) in [6, 6.07) is 7.14. The van der Waals surface area contributed by atoms with Gasteiger partial charge in [0.15, 0.2) is 0 Å². The van der Waals surface area contributed by atoms with E-state index < -0.39 is 11.9 Å². The Balaban J connectivity index is 1.12. The average Bonchev–Trinajstić information content (AvgIpc) is 2.91. The monoisotopic (exact) mass is 524 g/mol. The third-order valence-electron chi connectivity index (χ3n) is 7.03. The molecule has 0 aromatic carbocycles. The fraction of sp³-hybridized carbons (Fsp3) is 0.400. The maximum Gasteiger partial charge on any atom is 0.415 e. The Morgan fingerprint density at radius 3 is 2.97 bits per heavy atom. The lowest BCUT2D eigenvalue weighted by Crippen LogP contribution is -2.56. The molecule has 10 nitrogen and oxygen atoms in total. The molecule has 0 unspecified atom stereocenters. The summed E-state index contributed by atoms with van der Waals surface area (Å²) >= 11 is 1.43. The molecule has 2 fully saturated rings. The van der Waals surface area contributed by atoms with Gasteiger partial charge in [-0.2, -0.15) is 0 Å². The number of anilines is 2. The van der Waals surface area contributed by atoms with Crippen LogP contribution in [0.3, 0.4) is 0 Å². The second-order valence-electron chi connectivity index (χ2n) is 9.29. The number of likely N-dealkylation sites (tertiary alicyclic amines) is 1. The zero-order chi connectivity index (χ0) is 25.5. The third-order valence-corrected chi connectivity index (χ3v) is 8.08. The average molecular weight is 525 g/mol. The van der Waals surface area contributed by atoms with Crippen molar-refractivity contribution in [2.75, 3.05) is 49.3 Å². The molecule has 3 aromatic heterocycles. The van der Waals surface area contributed by atoms with E-state index in [2.05, 4.69) is 25.2 Å². The number of piperidine rings is 1. The van der Waals surface area contributed by atoms with Crippen LogP contribution in [0.5, 0.6) is 5.88 Å². The molecule has 0 radical (unpaired) electrons. The number of hydrogen-bond acceptors (Lipinski definition) is 9. The quantitative estimate of drug-likeness (QED) is 0.538. The molecule has 12 heteroatoms. The molecule has 0 spiro atoms. The lowest BCUT2D eigenvalue weighted by Gasteiger charge is -2.43. The number of fused-ring (bicyclic) bond motifs is 3. The predicted octanol–water partition coefficient (Wildman–Crippen LogP) is 3.11. The fourth-order valence-corrected chi connectivity index (χ4v) is 5.82. The molecule has 0 aliphatic carbocycles. The lowest BCUT2D eigenvalue weighted by molar-refractivity contribution is -0.113. The summed E-state index contributed by atoms with van der Waals surface area (Å²) in [5.74, 6) is 1.37. The summed E-state index contributed by atoms with van der Waals surface area (Å²) in [5, 5.41) is 2.77. The Morgan fingerprint density at radius 1 is 1.22 bits per heavy atom. The minimum atomic E-state index is -0.451. The van der Waals surface area contributed by atoms with Crippen LogP contribution in [0.25, 0.3) is 11.0 Å². The van der Waals surface area contributed by atoms with E-state index in [-0.39, 0.29) is 17.9 Å². The molecule has 1 N–H and O–H groups in total. The number of nitrogens with one attached hydrogen (secondary N) is 1. The minimum Gasteiger partial charge on any atom is -0.481 e. The van der Waals surface area contributed by atoms with Crippen molar-refractivity contribution >= 4 is 46.4 Å². The molecule has 2 atom stereocenters. The van der Waals surface area contributed by atoms with Crippen molar-refractivity contribution in [1.82, 2.24) is 19.9 Å². The topological polar surface area (TPSA) is 110 Å². The largest absolute Gasteiger partial charge is 0.481 e. The zero-order valence-corrected chi connectivity index (χ0v) is 21.0. The summed E-state index contributed by atoms with van der Waals surface area (Å²) in [7, 11) is 1.52. The first-order chi connectivity index (χ1) is 18.0. The molecule has 6 rings (SSSR count). The molecule has 192 valence electrons. The van der Waals surface area contributed by atoms with Gasteiger partial charge in [-0.05, 0) is 37.6 Å². The van der Waals surface area contributed by atoms with Crippen molar-refractivity contribution < 1.29 is 23.5 Å². The number of aromatic nitrogens is 3. The fourth-order valence-electron chi connectivity index (χ4n) is 5.07. The van der Waals surface area contributed by atoms with Crippen LogP contribution < -0.4 is 15.0 Å². The van der Waals surface area contributed by atoms with Gasteiger partial charge < -0.3 is 14.8 Å². The zero-order valence-electron chi connectivity index (χ0n) is 20.1. The predicted molar refractivity (Wildman–Crippen MR) is 136 cm³/mol. The number of halogens is 1. The van der Waals surface area contributed by atoms with Crippen molar-refractivity contribution in [1.29, 1.82) is 0 Å². The first-order valence-corrected chi connectivity index (χ1v) is 13.1. The number of rotatable bonds is 5. The van der Waals surface area contributed by atoms with Crippen molar-refractivity contribution in [3.8, 4) is 5.88 Å². The highest BCUT2D eigenvalue weighted by Crippen LogP contribution is 2.34. The maximum absolute atomic E-state index is 14.7. The lowest BCUT2D eigenvalue weighted by atomic mass is 9.91. The summed E-state index contributed by atoms with van der Waals surface area (Å²) in [5.41, 5.74) is 1.62. The Kier molecular flexibility index (Phi) is 6.29. The number of nitrogens with zero attached hydrogens (tertiary/aromatic N) is 5. The second-order valence-corrected chi connectivity index (χ2v) is 10.3. The minimum absolute atomic E-state index is 0.106. The number of thioether (sulfide) groups is 1. The van der Waals surface area contributed by atoms with Gasteiger partial charge in [-0.1, -0.05) is 0 Å². The molecule has 0 saturated carbocycles. The van der Waals surface area contributed by atoms with Crippen LogP contribution in [0.2, 0.25) is 0 Å². The normalized spacial score (nSPS) is 21.7. The summed E-state index contributed by atoms with van der Waals surface area (Å²) in [6.07, 6.45) is 1.81. The van der Waals surface area contributed by atoms with Gasteiger partial charge in [0.2, 0.25) is 11.8 Å². The van der Waals surface area contributed by atoms with Gasteiger partial charge in [-0.15, -0.1) is 11.8 Å². The molecule has 3 aliphatic heterocycles. The van der Waals surface area contributed by atoms with Crippen LogP contribution in [-0.2, 0) is 16.0 Å². The van der Waals surface area contributed by atoms with E-state index in [1.54, 1.807) is 23.1 Å². The SMILES string of the molecule is COc1ccc2ncc(F)c(CCN3CC[C@H]4CN(c5ccc6c(n5)NC(=O)CS6)C(=O)O[C@@H]4C3)c2n1. The van der Waals surface area contributed by atoms with Crippen molar-refractivity contribution in [3.05, 3.63) is 41.8 Å². The van der Waals surface area contributed by atoms with Gasteiger partial charge in [-0.3, -0.25) is 19.6 Å². The molecule has 2 saturated heterocycles. The Hall–Kier alpha value is -3.51. The smallest absolute Gasteiger partial charge is 0.415 e. The van der Waals surface area contributed by atoms with Crippen LogP contribution >= 0.6 is 11.8 Å². The van der Waals surface area contributed by atoms with E-state index in [0.29, 0.717) is 65.9 Å². The molecular weight excluding hydrogens is 499 g/mol. The standard InChI is InChI=1S/C25H25FN6O4S/c1-35-22-5-2-17-23(30-22)15(16(26)10-27-17)7-9-31-8-6-14-11-32(25(34)36-18(14)12-31)20-4-3-19-24(28-20)29-21(33)13-37-19/h2-5,10,14,18H,6-9,11-13H2,1H3,(H,28,29,33)/t14-,18+/m0/s1. The van der Waals surface area contributed by atoms with Gasteiger partial charge in [0, 0.05) is 37.2 Å². The highest BCUT2D eigenvalue weighted by molar-refractivity contribution is 8.00. The first-order valence-electron chi connectivity index (χ1n) is 12.1. The van der Waals surface area contributed by atoms with E-state index >= 15 is 0 Å². The number of carbonyl (C=O) groups is 2. The second kappa shape index (κ2) is 9.75. The highest BCUT2D eigenvalue weighted by Gasteiger charge is 2.40. The Labute approximate surface area is 216 Å². The van der Waals surface area contributed by atoms with E-state index in [1.165, 1.54) is 25.1 Å². The van der Waals surface area contributed by atoms with E-state index in [1.807, 2.05) is 6.07 Å². The van der Waals surface area contributed by atoms with Crippen molar-refractivity contribution in [3.63, 3.8) is 0 Å². The van der Waals surface area contributed by atoms with Gasteiger partial charge >= 0.3 is 6.09 Å². The number of amides is 2. The van der Waals surface area contributed by atoms with Gasteiger partial charge in [0.25, 0.3) is 0 Å². The molecule has 0 bridgehead atoms. The van der Waals surface area contributed by atoms with Gasteiger partial charge in [-0.25, -0.2) is 19.2 Å². The van der Waals surface area contributed by atoms with Gasteiger partial charge in [0.05, 0.1) is 35.0 Å². The summed E-state index contributed by atoms with van der Waals surface area (Å²) < 4.78 is 25.7. The summed E-state index contributed by atoms with van der Waals surface area (Å²) in [4.78, 5) is 42.3. The molecule has 6 heterocycles. The molecule has 3 aromatic rings. The van der Waals surface area contributed by atoms with E-state index in [9.17, 15) is 14.0 Å². The van der Waals surface area contributed by atoms with Crippen LogP contribution in [-0.4, -0.2) is 77.0 Å². The van der Waals surface area contributed by atoms with Crippen LogP contribution in [0.1, 0.15) is 12.0 Å². The van der Waals surface area contributed by atoms with Crippen LogP contribution in [0, 0.1) is 11.7 Å². The highest BCUT2D eigenvalue weighted by atomic mass is 32.2. The number of ether oxygens (including phenoxy) is 2. The van der Waals surface area contributed by atoms with Gasteiger partial charge in [0.1, 0.15) is 23.6 Å². The third kappa shape index (κ3) is 4.66. The van der Waals surface area contributed by atoms with E-state index in [4.69, 9.17) is 9.47 Å². The van der Waals surface area contributed by atoms with E-state index in [0.717, 1.165) is 17.9 Å². The van der Waals surface area contributed by atoms with Crippen molar-refractivity contribution in [2.24, 2.45) is 5.92 Å². The number of carbonyl (C=O) groups excluding carboxylic acids is 2. The molecule has 3 aliphatic rings. The number of hydrogen-bond donors (Lipinski definition) is 1. The Morgan fingerprint density at radius 2 is 2.11 bits per heavy atom. The molecular formula is C25H25FN6O4S. The summed E-state index contributed by atoms with van der Waals surface area (Å²) in [6.45, 7) is 2.48. The number of pyridine rings is 3. The van der Waals surface area contributed by atoms with Crippen molar-refractivity contribution in [2.45, 2.75) is 23.8 Å². The molecule has 37 heavy (non-hydrogen) atoms.